The molecule has 0 saturated heterocycles. The third-order valence-corrected chi connectivity index (χ3v) is 4.29. The molecule has 0 atom stereocenters. The normalized spacial score (nSPS) is 14.8. The maximum absolute atomic E-state index is 6.41. The number of nitrogens with zero attached hydrogens (tertiary/aromatic N) is 2. The van der Waals surface area contributed by atoms with Gasteiger partial charge in [-0.3, -0.25) is 0 Å². The molecule has 20 heavy (non-hydrogen) atoms. The zero-order valence-electron chi connectivity index (χ0n) is 12.6. The summed E-state index contributed by atoms with van der Waals surface area (Å²) in [7, 11) is 0. The van der Waals surface area contributed by atoms with E-state index in [0.29, 0.717) is 5.92 Å². The summed E-state index contributed by atoms with van der Waals surface area (Å²) in [4.78, 5) is 4.90. The molecule has 1 aromatic heterocycles. The molecule has 0 amide bonds. The van der Waals surface area contributed by atoms with Crippen LogP contribution in [0.4, 0.5) is 5.82 Å². The first-order valence-corrected chi connectivity index (χ1v) is 7.56. The van der Waals surface area contributed by atoms with E-state index in [4.69, 9.17) is 10.7 Å². The number of hydrogen-bond donors (Lipinski definition) is 1. The summed E-state index contributed by atoms with van der Waals surface area (Å²) >= 11 is 0. The van der Waals surface area contributed by atoms with Crippen LogP contribution < -0.4 is 5.73 Å². The summed E-state index contributed by atoms with van der Waals surface area (Å²) in [5.41, 5.74) is 11.1. The molecule has 3 rings (SSSR count). The van der Waals surface area contributed by atoms with Crippen molar-refractivity contribution in [1.82, 2.24) is 9.55 Å². The molecule has 1 aliphatic carbocycles. The van der Waals surface area contributed by atoms with Crippen molar-refractivity contribution in [3.8, 4) is 11.3 Å². The van der Waals surface area contributed by atoms with Gasteiger partial charge in [0.15, 0.2) is 0 Å². The molecule has 3 heteroatoms. The fraction of sp³-hybridized carbons (Fsp3) is 0.471. The van der Waals surface area contributed by atoms with Crippen molar-refractivity contribution in [2.45, 2.75) is 52.5 Å². The van der Waals surface area contributed by atoms with Crippen molar-refractivity contribution in [3.05, 3.63) is 35.2 Å². The largest absolute Gasteiger partial charge is 0.383 e. The van der Waals surface area contributed by atoms with Crippen LogP contribution in [0.1, 0.15) is 49.1 Å². The second-order valence-corrected chi connectivity index (χ2v) is 5.88. The van der Waals surface area contributed by atoms with Gasteiger partial charge in [-0.1, -0.05) is 25.1 Å². The lowest BCUT2D eigenvalue weighted by atomic mass is 10.0. The highest BCUT2D eigenvalue weighted by molar-refractivity contribution is 5.74. The van der Waals surface area contributed by atoms with Crippen LogP contribution in [0.5, 0.6) is 0 Å². The minimum Gasteiger partial charge on any atom is -0.383 e. The third kappa shape index (κ3) is 2.11. The highest BCUT2D eigenvalue weighted by Gasteiger charge is 2.31. The lowest BCUT2D eigenvalue weighted by molar-refractivity contribution is 0.646. The summed E-state index contributed by atoms with van der Waals surface area (Å²) in [5.74, 6) is 2.66. The molecule has 1 saturated carbocycles. The van der Waals surface area contributed by atoms with Crippen LogP contribution in [0.25, 0.3) is 11.3 Å². The van der Waals surface area contributed by atoms with Gasteiger partial charge in [-0.15, -0.1) is 0 Å². The van der Waals surface area contributed by atoms with Crippen molar-refractivity contribution in [2.24, 2.45) is 0 Å². The predicted molar refractivity (Wildman–Crippen MR) is 83.8 cm³/mol. The standard InChI is InChI=1S/C17H23N3/c1-4-10-20-16(18)15(19-17(20)13-8-9-13)14-7-5-6-11(2)12(14)3/h5-7,13H,4,8-10,18H2,1-3H3. The molecule has 0 aliphatic heterocycles. The highest BCUT2D eigenvalue weighted by atomic mass is 15.1. The minimum absolute atomic E-state index is 0.628. The topological polar surface area (TPSA) is 43.8 Å². The van der Waals surface area contributed by atoms with E-state index in [1.165, 1.54) is 35.4 Å². The predicted octanol–water partition coefficient (Wildman–Crippen LogP) is 4.04. The molecular weight excluding hydrogens is 246 g/mol. The van der Waals surface area contributed by atoms with Crippen molar-refractivity contribution < 1.29 is 0 Å². The second kappa shape index (κ2) is 4.97. The average molecular weight is 269 g/mol. The first kappa shape index (κ1) is 13.2. The highest BCUT2D eigenvalue weighted by Crippen LogP contribution is 2.42. The number of nitrogens with two attached hydrogens (primary N) is 1. The van der Waals surface area contributed by atoms with Gasteiger partial charge in [-0.25, -0.2) is 4.98 Å². The van der Waals surface area contributed by atoms with Gasteiger partial charge in [0.2, 0.25) is 0 Å². The lowest BCUT2D eigenvalue weighted by Gasteiger charge is -2.09. The number of anilines is 1. The van der Waals surface area contributed by atoms with E-state index in [0.717, 1.165) is 24.5 Å². The SMILES string of the molecule is CCCn1c(C2CC2)nc(-c2cccc(C)c2C)c1N. The Hall–Kier alpha value is -1.77. The third-order valence-electron chi connectivity index (χ3n) is 4.29. The Morgan fingerprint density at radius 2 is 2.05 bits per heavy atom. The van der Waals surface area contributed by atoms with Crippen LogP contribution in [-0.2, 0) is 6.54 Å². The van der Waals surface area contributed by atoms with Crippen LogP contribution in [0.2, 0.25) is 0 Å². The smallest absolute Gasteiger partial charge is 0.131 e. The van der Waals surface area contributed by atoms with Crippen LogP contribution in [0, 0.1) is 13.8 Å². The summed E-state index contributed by atoms with van der Waals surface area (Å²) in [6.07, 6.45) is 3.60. The Bertz CT molecular complexity index is 636. The number of aryl methyl sites for hydroxylation is 1. The van der Waals surface area contributed by atoms with Gasteiger partial charge in [0, 0.05) is 18.0 Å². The Balaban J connectivity index is 2.14. The van der Waals surface area contributed by atoms with E-state index < -0.39 is 0 Å². The summed E-state index contributed by atoms with van der Waals surface area (Å²) in [6.45, 7) is 7.45. The van der Waals surface area contributed by atoms with E-state index in [2.05, 4.69) is 43.5 Å². The van der Waals surface area contributed by atoms with Gasteiger partial charge in [0.1, 0.15) is 17.3 Å². The zero-order chi connectivity index (χ0) is 14.3. The molecule has 0 spiro atoms. The Morgan fingerprint density at radius 1 is 1.30 bits per heavy atom. The second-order valence-electron chi connectivity index (χ2n) is 5.88. The summed E-state index contributed by atoms with van der Waals surface area (Å²) in [5, 5.41) is 0. The van der Waals surface area contributed by atoms with Gasteiger partial charge in [0.05, 0.1) is 0 Å². The van der Waals surface area contributed by atoms with E-state index in [-0.39, 0.29) is 0 Å². The Morgan fingerprint density at radius 3 is 2.70 bits per heavy atom. The first-order valence-electron chi connectivity index (χ1n) is 7.56. The summed E-state index contributed by atoms with van der Waals surface area (Å²) in [6, 6.07) is 6.36. The number of rotatable bonds is 4. The van der Waals surface area contributed by atoms with Crippen LogP contribution in [0.15, 0.2) is 18.2 Å². The van der Waals surface area contributed by atoms with Gasteiger partial charge in [0.25, 0.3) is 0 Å². The van der Waals surface area contributed by atoms with Gasteiger partial charge in [-0.05, 0) is 44.2 Å². The number of imidazole rings is 1. The number of aromatic nitrogens is 2. The molecule has 0 unspecified atom stereocenters. The Kier molecular flexibility index (Phi) is 3.28. The monoisotopic (exact) mass is 269 g/mol. The van der Waals surface area contributed by atoms with Crippen LogP contribution in [-0.4, -0.2) is 9.55 Å². The number of benzene rings is 1. The van der Waals surface area contributed by atoms with E-state index in [1.54, 1.807) is 0 Å². The lowest BCUT2D eigenvalue weighted by Crippen LogP contribution is -2.06. The quantitative estimate of drug-likeness (QED) is 0.910. The number of nitrogen functional groups attached to an aromatic ring is 1. The molecule has 0 radical (unpaired) electrons. The summed E-state index contributed by atoms with van der Waals surface area (Å²) < 4.78 is 2.23. The van der Waals surface area contributed by atoms with Crippen molar-refractivity contribution in [2.75, 3.05) is 5.73 Å². The Labute approximate surface area is 120 Å². The average Bonchev–Trinajstić information content (AvgIpc) is 3.22. The van der Waals surface area contributed by atoms with E-state index in [9.17, 15) is 0 Å². The molecule has 1 aromatic carbocycles. The van der Waals surface area contributed by atoms with Crippen LogP contribution in [0.3, 0.4) is 0 Å². The van der Waals surface area contributed by atoms with Crippen molar-refractivity contribution in [1.29, 1.82) is 0 Å². The molecular formula is C17H23N3. The van der Waals surface area contributed by atoms with E-state index >= 15 is 0 Å². The van der Waals surface area contributed by atoms with Crippen molar-refractivity contribution >= 4 is 5.82 Å². The van der Waals surface area contributed by atoms with Crippen LogP contribution >= 0.6 is 0 Å². The van der Waals surface area contributed by atoms with Crippen molar-refractivity contribution in [3.63, 3.8) is 0 Å². The molecule has 0 bridgehead atoms. The minimum atomic E-state index is 0.628. The molecule has 1 heterocycles. The first-order chi connectivity index (χ1) is 9.63. The fourth-order valence-corrected chi connectivity index (χ4v) is 2.80. The zero-order valence-corrected chi connectivity index (χ0v) is 12.6. The maximum atomic E-state index is 6.41. The van der Waals surface area contributed by atoms with Gasteiger partial charge >= 0.3 is 0 Å². The molecule has 1 fully saturated rings. The molecule has 2 N–H and O–H groups in total. The maximum Gasteiger partial charge on any atom is 0.131 e. The fourth-order valence-electron chi connectivity index (χ4n) is 2.80. The molecule has 3 nitrogen and oxygen atoms in total. The van der Waals surface area contributed by atoms with Gasteiger partial charge in [-0.2, -0.15) is 0 Å². The number of hydrogen-bond acceptors (Lipinski definition) is 2. The molecule has 106 valence electrons. The van der Waals surface area contributed by atoms with Gasteiger partial charge < -0.3 is 10.3 Å². The molecule has 1 aliphatic rings. The van der Waals surface area contributed by atoms with E-state index in [1.807, 2.05) is 0 Å². The molecule has 2 aromatic rings.